The Morgan fingerprint density at radius 1 is 1.20 bits per heavy atom. The van der Waals surface area contributed by atoms with Gasteiger partial charge in [-0.15, -0.1) is 5.10 Å². The Balaban J connectivity index is 2.30. The summed E-state index contributed by atoms with van der Waals surface area (Å²) in [6.07, 6.45) is 1.72. The van der Waals surface area contributed by atoms with Gasteiger partial charge in [0.05, 0.1) is 23.3 Å². The number of rotatable bonds is 3. The van der Waals surface area contributed by atoms with E-state index in [-0.39, 0.29) is 5.96 Å². The molecule has 1 heterocycles. The van der Waals surface area contributed by atoms with Gasteiger partial charge in [0.15, 0.2) is 0 Å². The van der Waals surface area contributed by atoms with Crippen LogP contribution < -0.4 is 11.5 Å². The van der Waals surface area contributed by atoms with Gasteiger partial charge in [0, 0.05) is 11.1 Å². The van der Waals surface area contributed by atoms with Crippen molar-refractivity contribution in [3.05, 3.63) is 47.3 Å². The van der Waals surface area contributed by atoms with Gasteiger partial charge < -0.3 is 16.6 Å². The Morgan fingerprint density at radius 2 is 1.84 bits per heavy atom. The highest BCUT2D eigenvalue weighted by Crippen LogP contribution is 2.16. The van der Waals surface area contributed by atoms with Gasteiger partial charge in [-0.05, 0) is 52.0 Å². The van der Waals surface area contributed by atoms with E-state index < -0.39 is 5.60 Å². The predicted octanol–water partition coefficient (Wildman–Crippen LogP) is 1.30. The average molecular weight is 338 g/mol. The maximum absolute atomic E-state index is 9.66. The molecule has 0 unspecified atom stereocenters. The molecule has 5 N–H and O–H groups in total. The zero-order valence-electron chi connectivity index (χ0n) is 14.8. The van der Waals surface area contributed by atoms with Crippen molar-refractivity contribution in [2.45, 2.75) is 33.3 Å². The fourth-order valence-electron chi connectivity index (χ4n) is 2.12. The number of nitrogens with two attached hydrogens (primary N) is 2. The summed E-state index contributed by atoms with van der Waals surface area (Å²) in [6.45, 7) is 7.05. The first-order valence-corrected chi connectivity index (χ1v) is 7.71. The molecule has 2 aromatic rings. The first-order valence-electron chi connectivity index (χ1n) is 7.71. The summed E-state index contributed by atoms with van der Waals surface area (Å²) < 4.78 is 1.80. The number of guanidine groups is 1. The number of aliphatic hydroxyl groups is 1. The summed E-state index contributed by atoms with van der Waals surface area (Å²) in [5, 5.41) is 21.7. The van der Waals surface area contributed by atoms with Crippen molar-refractivity contribution >= 4 is 11.7 Å². The van der Waals surface area contributed by atoms with Crippen molar-refractivity contribution in [3.8, 4) is 17.5 Å². The van der Waals surface area contributed by atoms with Crippen molar-refractivity contribution < 1.29 is 5.11 Å². The van der Waals surface area contributed by atoms with Gasteiger partial charge in [0.2, 0.25) is 5.96 Å². The van der Waals surface area contributed by atoms with Crippen LogP contribution in [0.25, 0.3) is 5.69 Å². The third-order valence-electron chi connectivity index (χ3n) is 3.34. The summed E-state index contributed by atoms with van der Waals surface area (Å²) in [4.78, 5) is 0. The van der Waals surface area contributed by atoms with Gasteiger partial charge >= 0.3 is 0 Å². The molecule has 0 saturated heterocycles. The summed E-state index contributed by atoms with van der Waals surface area (Å²) in [6, 6.07) is 7.60. The van der Waals surface area contributed by atoms with Crippen LogP contribution in [0.15, 0.2) is 40.7 Å². The maximum Gasteiger partial charge on any atom is 0.211 e. The number of benzene rings is 1. The van der Waals surface area contributed by atoms with Crippen LogP contribution in [-0.4, -0.2) is 32.2 Å². The second kappa shape index (κ2) is 7.20. The maximum atomic E-state index is 9.66. The zero-order valence-corrected chi connectivity index (χ0v) is 14.8. The number of nitrogens with zero attached hydrogens (tertiary/aromatic N) is 4. The molecule has 0 radical (unpaired) electrons. The van der Waals surface area contributed by atoms with Crippen LogP contribution >= 0.6 is 0 Å². The highest BCUT2D eigenvalue weighted by molar-refractivity contribution is 5.99. The van der Waals surface area contributed by atoms with E-state index in [1.165, 1.54) is 0 Å². The molecule has 25 heavy (non-hydrogen) atoms. The van der Waals surface area contributed by atoms with Crippen LogP contribution in [0.1, 0.15) is 37.6 Å². The van der Waals surface area contributed by atoms with Crippen molar-refractivity contribution in [2.24, 2.45) is 21.7 Å². The molecule has 0 saturated carbocycles. The molecule has 0 fully saturated rings. The van der Waals surface area contributed by atoms with E-state index >= 15 is 0 Å². The lowest BCUT2D eigenvalue weighted by Gasteiger charge is -2.07. The lowest BCUT2D eigenvalue weighted by Crippen LogP contribution is -2.22. The number of hydrogen-bond donors (Lipinski definition) is 3. The molecule has 130 valence electrons. The van der Waals surface area contributed by atoms with E-state index in [1.807, 2.05) is 38.1 Å². The molecule has 0 amide bonds. The van der Waals surface area contributed by atoms with Gasteiger partial charge in [-0.3, -0.25) is 0 Å². The predicted molar refractivity (Wildman–Crippen MR) is 99.5 cm³/mol. The smallest absolute Gasteiger partial charge is 0.211 e. The minimum atomic E-state index is -1.02. The van der Waals surface area contributed by atoms with Gasteiger partial charge in [-0.2, -0.15) is 10.2 Å². The Hall–Kier alpha value is -3.11. The Morgan fingerprint density at radius 3 is 2.40 bits per heavy atom. The van der Waals surface area contributed by atoms with Crippen molar-refractivity contribution in [3.63, 3.8) is 0 Å². The molecular formula is C18H22N6O. The van der Waals surface area contributed by atoms with E-state index in [0.29, 0.717) is 5.71 Å². The van der Waals surface area contributed by atoms with Crippen molar-refractivity contribution in [2.75, 3.05) is 0 Å². The third kappa shape index (κ3) is 4.93. The molecule has 0 bridgehead atoms. The van der Waals surface area contributed by atoms with Crippen LogP contribution in [0, 0.1) is 18.8 Å². The van der Waals surface area contributed by atoms with Crippen LogP contribution in [0.2, 0.25) is 0 Å². The van der Waals surface area contributed by atoms with Crippen LogP contribution in [0.3, 0.4) is 0 Å². The molecule has 1 aromatic carbocycles. The Kier molecular flexibility index (Phi) is 5.25. The summed E-state index contributed by atoms with van der Waals surface area (Å²) in [5.74, 6) is 5.64. The molecule has 7 heteroatoms. The molecule has 2 rings (SSSR count). The molecule has 0 aliphatic heterocycles. The fraction of sp³-hybridized carbons (Fsp3) is 0.278. The monoisotopic (exact) mass is 338 g/mol. The Bertz CT molecular complexity index is 869. The minimum absolute atomic E-state index is 0.0906. The van der Waals surface area contributed by atoms with E-state index in [1.54, 1.807) is 24.7 Å². The molecule has 0 spiro atoms. The molecule has 0 aliphatic rings. The van der Waals surface area contributed by atoms with E-state index in [0.717, 1.165) is 22.5 Å². The van der Waals surface area contributed by atoms with Crippen molar-refractivity contribution in [1.82, 2.24) is 9.78 Å². The third-order valence-corrected chi connectivity index (χ3v) is 3.34. The van der Waals surface area contributed by atoms with E-state index in [2.05, 4.69) is 27.1 Å². The SMILES string of the molecule is C/C(=N\N=C(N)N)c1cnn(-c2ccc(C#CC(C)(C)O)cc2)c1C. The summed E-state index contributed by atoms with van der Waals surface area (Å²) in [5.41, 5.74) is 13.7. The van der Waals surface area contributed by atoms with Crippen LogP contribution in [-0.2, 0) is 0 Å². The Labute approximate surface area is 147 Å². The van der Waals surface area contributed by atoms with Gasteiger partial charge in [-0.1, -0.05) is 11.8 Å². The highest BCUT2D eigenvalue weighted by atomic mass is 16.3. The summed E-state index contributed by atoms with van der Waals surface area (Å²) in [7, 11) is 0. The zero-order chi connectivity index (χ0) is 18.6. The van der Waals surface area contributed by atoms with Crippen LogP contribution in [0.5, 0.6) is 0 Å². The number of aromatic nitrogens is 2. The largest absolute Gasteiger partial charge is 0.378 e. The lowest BCUT2D eigenvalue weighted by molar-refractivity contribution is 0.143. The topological polar surface area (TPSA) is 115 Å². The lowest BCUT2D eigenvalue weighted by atomic mass is 10.1. The molecule has 7 nitrogen and oxygen atoms in total. The standard InChI is InChI=1S/C18H22N6O/c1-12(22-23-17(19)20)16-11-21-24(13(16)2)15-7-5-14(6-8-15)9-10-18(3,4)25/h5-8,11,25H,1-4H3,(H4,19,20,23)/b22-12+. The molecule has 0 atom stereocenters. The summed E-state index contributed by atoms with van der Waals surface area (Å²) >= 11 is 0. The van der Waals surface area contributed by atoms with Crippen LogP contribution in [0.4, 0.5) is 0 Å². The number of hydrogen-bond acceptors (Lipinski definition) is 4. The van der Waals surface area contributed by atoms with E-state index in [9.17, 15) is 5.11 Å². The molecule has 0 aliphatic carbocycles. The van der Waals surface area contributed by atoms with Gasteiger partial charge in [-0.25, -0.2) is 4.68 Å². The second-order valence-corrected chi connectivity index (χ2v) is 6.12. The molecular weight excluding hydrogens is 316 g/mol. The molecule has 1 aromatic heterocycles. The first-order chi connectivity index (χ1) is 11.7. The fourth-order valence-corrected chi connectivity index (χ4v) is 2.12. The second-order valence-electron chi connectivity index (χ2n) is 6.12. The normalized spacial score (nSPS) is 11.6. The van der Waals surface area contributed by atoms with Crippen molar-refractivity contribution in [1.29, 1.82) is 0 Å². The quantitative estimate of drug-likeness (QED) is 0.339. The highest BCUT2D eigenvalue weighted by Gasteiger charge is 2.11. The average Bonchev–Trinajstić information content (AvgIpc) is 2.92. The van der Waals surface area contributed by atoms with Gasteiger partial charge in [0.25, 0.3) is 0 Å². The van der Waals surface area contributed by atoms with Gasteiger partial charge in [0.1, 0.15) is 5.60 Å². The minimum Gasteiger partial charge on any atom is -0.378 e. The first kappa shape index (κ1) is 18.2. The van der Waals surface area contributed by atoms with E-state index in [4.69, 9.17) is 11.5 Å².